The van der Waals surface area contributed by atoms with Crippen molar-refractivity contribution in [1.82, 2.24) is 14.4 Å². The van der Waals surface area contributed by atoms with Crippen molar-refractivity contribution in [3.8, 4) is 5.69 Å². The van der Waals surface area contributed by atoms with Gasteiger partial charge < -0.3 is 14.6 Å². The molecule has 0 spiro atoms. The molecule has 4 rings (SSSR count). The Kier molecular flexibility index (Phi) is 4.28. The maximum atomic E-state index is 12.2. The van der Waals surface area contributed by atoms with Crippen LogP contribution in [0.25, 0.3) is 5.69 Å². The van der Waals surface area contributed by atoms with Gasteiger partial charge >= 0.3 is 5.97 Å². The first-order valence-corrected chi connectivity index (χ1v) is 9.06. The fraction of sp³-hybridized carbons (Fsp3) is 0.400. The van der Waals surface area contributed by atoms with E-state index >= 15 is 0 Å². The average molecular weight is 353 g/mol. The number of para-hydroxylation sites is 1. The van der Waals surface area contributed by atoms with Crippen LogP contribution in [0.3, 0.4) is 0 Å². The van der Waals surface area contributed by atoms with Gasteiger partial charge in [0.15, 0.2) is 0 Å². The van der Waals surface area contributed by atoms with E-state index in [4.69, 9.17) is 0 Å². The molecule has 0 bridgehead atoms. The first-order valence-electron chi connectivity index (χ1n) is 9.06. The van der Waals surface area contributed by atoms with Gasteiger partial charge in [0.2, 0.25) is 5.91 Å². The number of hydrogen-bond donors (Lipinski definition) is 1. The van der Waals surface area contributed by atoms with E-state index in [9.17, 15) is 14.7 Å². The van der Waals surface area contributed by atoms with Crippen LogP contribution in [0.2, 0.25) is 0 Å². The summed E-state index contributed by atoms with van der Waals surface area (Å²) in [6.07, 6.45) is 3.53. The number of carboxylic acids is 1. The largest absolute Gasteiger partial charge is 0.480 e. The molecule has 6 nitrogen and oxygen atoms in total. The number of rotatable bonds is 2. The lowest BCUT2D eigenvalue weighted by molar-refractivity contribution is -0.146. The van der Waals surface area contributed by atoms with Gasteiger partial charge in [0, 0.05) is 44.5 Å². The molecule has 1 atom stereocenters. The number of likely N-dealkylation sites (tertiary alicyclic amines) is 1. The molecule has 3 heterocycles. The molecule has 0 radical (unpaired) electrons. The predicted molar refractivity (Wildman–Crippen MR) is 97.0 cm³/mol. The predicted octanol–water partition coefficient (Wildman–Crippen LogP) is 2.43. The third-order valence-corrected chi connectivity index (χ3v) is 5.61. The molecule has 1 aromatic carbocycles. The molecule has 1 saturated heterocycles. The number of amides is 1. The number of hydrogen-bond acceptors (Lipinski definition) is 3. The van der Waals surface area contributed by atoms with Gasteiger partial charge in [-0.3, -0.25) is 14.5 Å². The number of fused-ring (bicyclic) bond motifs is 3. The van der Waals surface area contributed by atoms with Gasteiger partial charge in [-0.15, -0.1) is 0 Å². The number of carbonyl (C=O) groups is 2. The van der Waals surface area contributed by atoms with E-state index in [1.807, 2.05) is 46.0 Å². The van der Waals surface area contributed by atoms with Gasteiger partial charge in [-0.05, 0) is 36.6 Å². The minimum Gasteiger partial charge on any atom is -0.480 e. The van der Waals surface area contributed by atoms with Gasteiger partial charge in [0.05, 0.1) is 5.69 Å². The second-order valence-electron chi connectivity index (χ2n) is 7.08. The Morgan fingerprint density at radius 3 is 2.50 bits per heavy atom. The molecule has 0 saturated carbocycles. The molecule has 0 aliphatic carbocycles. The molecule has 1 amide bonds. The van der Waals surface area contributed by atoms with E-state index in [1.165, 1.54) is 0 Å². The van der Waals surface area contributed by atoms with Gasteiger partial charge in [0.1, 0.15) is 6.04 Å². The van der Waals surface area contributed by atoms with Crippen LogP contribution in [0.1, 0.15) is 37.1 Å². The summed E-state index contributed by atoms with van der Waals surface area (Å²) in [7, 11) is 0. The highest BCUT2D eigenvalue weighted by Crippen LogP contribution is 2.35. The first-order chi connectivity index (χ1) is 12.6. The fourth-order valence-electron chi connectivity index (χ4n) is 4.29. The zero-order valence-electron chi connectivity index (χ0n) is 14.8. The Bertz CT molecular complexity index is 836. The van der Waals surface area contributed by atoms with E-state index in [0.717, 1.165) is 29.8 Å². The van der Waals surface area contributed by atoms with Crippen LogP contribution in [-0.4, -0.2) is 50.5 Å². The third-order valence-electron chi connectivity index (χ3n) is 5.61. The quantitative estimate of drug-likeness (QED) is 0.901. The molecule has 2 aliphatic rings. The number of aromatic nitrogens is 1. The molecule has 1 unspecified atom stereocenters. The van der Waals surface area contributed by atoms with Gasteiger partial charge in [-0.2, -0.15) is 0 Å². The number of benzene rings is 1. The van der Waals surface area contributed by atoms with E-state index in [1.54, 1.807) is 6.92 Å². The molecule has 26 heavy (non-hydrogen) atoms. The zero-order chi connectivity index (χ0) is 18.3. The molecule has 2 aromatic rings. The summed E-state index contributed by atoms with van der Waals surface area (Å²) in [6, 6.07) is 11.4. The minimum atomic E-state index is -0.827. The number of carbonyl (C=O) groups excluding carboxylic acids is 1. The van der Waals surface area contributed by atoms with Crippen LogP contribution >= 0.6 is 0 Å². The maximum absolute atomic E-state index is 12.2. The molecular formula is C20H23N3O3. The third kappa shape index (κ3) is 2.80. The first kappa shape index (κ1) is 16.8. The molecule has 1 fully saturated rings. The van der Waals surface area contributed by atoms with E-state index < -0.39 is 12.0 Å². The summed E-state index contributed by atoms with van der Waals surface area (Å²) in [5.74, 6) is -0.736. The molecule has 6 heteroatoms. The highest BCUT2D eigenvalue weighted by Gasteiger charge is 2.38. The Hall–Kier alpha value is -2.60. The summed E-state index contributed by atoms with van der Waals surface area (Å²) in [5, 5.41) is 10.0. The van der Waals surface area contributed by atoms with Crippen molar-refractivity contribution in [2.75, 3.05) is 13.1 Å². The van der Waals surface area contributed by atoms with Crippen LogP contribution in [0.4, 0.5) is 0 Å². The number of piperidine rings is 1. The van der Waals surface area contributed by atoms with E-state index in [-0.39, 0.29) is 11.9 Å². The van der Waals surface area contributed by atoms with Crippen molar-refractivity contribution in [3.63, 3.8) is 0 Å². The van der Waals surface area contributed by atoms with Crippen LogP contribution in [0.5, 0.6) is 0 Å². The SMILES string of the molecule is CC(=O)N1CCC(N2Cc3ccccc3-n3cccc3C2C(=O)O)CC1. The smallest absolute Gasteiger partial charge is 0.327 e. The van der Waals surface area contributed by atoms with Crippen molar-refractivity contribution in [1.29, 1.82) is 0 Å². The number of aliphatic carboxylic acids is 1. The highest BCUT2D eigenvalue weighted by atomic mass is 16.4. The van der Waals surface area contributed by atoms with Crippen molar-refractivity contribution in [2.45, 2.75) is 38.4 Å². The minimum absolute atomic E-state index is 0.0910. The van der Waals surface area contributed by atoms with Crippen molar-refractivity contribution in [3.05, 3.63) is 53.9 Å². The Morgan fingerprint density at radius 1 is 1.08 bits per heavy atom. The second-order valence-corrected chi connectivity index (χ2v) is 7.08. The van der Waals surface area contributed by atoms with Crippen molar-refractivity contribution < 1.29 is 14.7 Å². The summed E-state index contributed by atoms with van der Waals surface area (Å²) >= 11 is 0. The summed E-state index contributed by atoms with van der Waals surface area (Å²) in [6.45, 7) is 3.56. The van der Waals surface area contributed by atoms with E-state index in [0.29, 0.717) is 19.6 Å². The van der Waals surface area contributed by atoms with Gasteiger partial charge in [-0.25, -0.2) is 0 Å². The second kappa shape index (κ2) is 6.61. The van der Waals surface area contributed by atoms with Crippen molar-refractivity contribution >= 4 is 11.9 Å². The van der Waals surface area contributed by atoms with Gasteiger partial charge in [-0.1, -0.05) is 18.2 Å². The number of carboxylic acid groups (broad SMARTS) is 1. The van der Waals surface area contributed by atoms with Crippen LogP contribution in [-0.2, 0) is 16.1 Å². The topological polar surface area (TPSA) is 65.8 Å². The lowest BCUT2D eigenvalue weighted by atomic mass is 9.99. The molecule has 1 aromatic heterocycles. The summed E-state index contributed by atoms with van der Waals surface area (Å²) in [4.78, 5) is 27.8. The molecule has 136 valence electrons. The summed E-state index contributed by atoms with van der Waals surface area (Å²) in [5.41, 5.74) is 2.96. The zero-order valence-corrected chi connectivity index (χ0v) is 14.8. The van der Waals surface area contributed by atoms with E-state index in [2.05, 4.69) is 11.0 Å². The monoisotopic (exact) mass is 353 g/mol. The van der Waals surface area contributed by atoms with Crippen LogP contribution < -0.4 is 0 Å². The van der Waals surface area contributed by atoms with Crippen LogP contribution in [0, 0.1) is 0 Å². The lowest BCUT2D eigenvalue weighted by Gasteiger charge is -2.40. The standard InChI is InChI=1S/C20H23N3O3/c1-14(24)21-11-8-16(9-12-21)23-13-15-5-2-3-6-17(15)22-10-4-7-18(22)19(23)20(25)26/h2-7,10,16,19H,8-9,11-13H2,1H3,(H,25,26). The normalized spacial score (nSPS) is 21.0. The van der Waals surface area contributed by atoms with Crippen molar-refractivity contribution in [2.24, 2.45) is 0 Å². The lowest BCUT2D eigenvalue weighted by Crippen LogP contribution is -2.48. The van der Waals surface area contributed by atoms with Crippen LogP contribution in [0.15, 0.2) is 42.6 Å². The number of nitrogens with zero attached hydrogens (tertiary/aromatic N) is 3. The Morgan fingerprint density at radius 2 is 1.81 bits per heavy atom. The highest BCUT2D eigenvalue weighted by molar-refractivity contribution is 5.76. The molecular weight excluding hydrogens is 330 g/mol. The molecule has 2 aliphatic heterocycles. The average Bonchev–Trinajstić information content (AvgIpc) is 3.05. The summed E-state index contributed by atoms with van der Waals surface area (Å²) < 4.78 is 2.00. The van der Waals surface area contributed by atoms with Gasteiger partial charge in [0.25, 0.3) is 0 Å². The Balaban J connectivity index is 1.73. The maximum Gasteiger partial charge on any atom is 0.327 e. The fourth-order valence-corrected chi connectivity index (χ4v) is 4.29. The molecule has 1 N–H and O–H groups in total. The Labute approximate surface area is 152 Å².